The molecule has 0 saturated carbocycles. The standard InChI is InChI=1S/C15H24N4O6S2/c1-4-17(5-2)27(24,25)18-10-8-16(9-11-18)14-7-6-13(26(3,22)23)12-15(14)19(20)21/h6-7,12H,4-5,8-11H2,1-3H3. The highest BCUT2D eigenvalue weighted by Gasteiger charge is 2.32. The van der Waals surface area contributed by atoms with Crippen molar-refractivity contribution in [2.45, 2.75) is 18.7 Å². The third-order valence-electron chi connectivity index (χ3n) is 4.51. The molecule has 12 heteroatoms. The maximum atomic E-state index is 12.6. The number of rotatable bonds is 7. The lowest BCUT2D eigenvalue weighted by molar-refractivity contribution is -0.384. The molecule has 1 aliphatic rings. The number of sulfone groups is 1. The number of piperazine rings is 1. The van der Waals surface area contributed by atoms with Crippen molar-refractivity contribution < 1.29 is 21.8 Å². The molecule has 2 rings (SSSR count). The van der Waals surface area contributed by atoms with E-state index in [0.29, 0.717) is 13.1 Å². The number of nitro benzene ring substituents is 1. The minimum Gasteiger partial charge on any atom is -0.363 e. The van der Waals surface area contributed by atoms with Gasteiger partial charge in [0.25, 0.3) is 15.9 Å². The van der Waals surface area contributed by atoms with E-state index in [-0.39, 0.29) is 42.4 Å². The van der Waals surface area contributed by atoms with E-state index >= 15 is 0 Å². The maximum Gasteiger partial charge on any atom is 0.293 e. The van der Waals surface area contributed by atoms with Gasteiger partial charge in [-0.25, -0.2) is 8.42 Å². The highest BCUT2D eigenvalue weighted by Crippen LogP contribution is 2.31. The summed E-state index contributed by atoms with van der Waals surface area (Å²) in [6, 6.07) is 3.78. The van der Waals surface area contributed by atoms with Crippen LogP contribution in [0.3, 0.4) is 0 Å². The van der Waals surface area contributed by atoms with E-state index in [1.165, 1.54) is 20.7 Å². The Bertz CT molecular complexity index is 904. The summed E-state index contributed by atoms with van der Waals surface area (Å²) in [5, 5.41) is 11.4. The zero-order valence-corrected chi connectivity index (χ0v) is 17.2. The fourth-order valence-corrected chi connectivity index (χ4v) is 5.27. The molecule has 1 heterocycles. The number of nitrogens with zero attached hydrogens (tertiary/aromatic N) is 4. The SMILES string of the molecule is CCN(CC)S(=O)(=O)N1CCN(c2ccc(S(C)(=O)=O)cc2[N+](=O)[O-])CC1. The lowest BCUT2D eigenvalue weighted by atomic mass is 10.2. The maximum absolute atomic E-state index is 12.6. The molecule has 0 aromatic heterocycles. The average Bonchev–Trinajstić information content (AvgIpc) is 2.61. The largest absolute Gasteiger partial charge is 0.363 e. The van der Waals surface area contributed by atoms with Gasteiger partial charge in [-0.05, 0) is 12.1 Å². The van der Waals surface area contributed by atoms with E-state index in [1.807, 2.05) is 0 Å². The first kappa shape index (κ1) is 21.5. The number of benzene rings is 1. The van der Waals surface area contributed by atoms with Gasteiger partial charge in [-0.1, -0.05) is 13.8 Å². The molecule has 0 unspecified atom stereocenters. The Morgan fingerprint density at radius 1 is 1.07 bits per heavy atom. The third-order valence-corrected chi connectivity index (χ3v) is 7.81. The van der Waals surface area contributed by atoms with Crippen LogP contribution in [0.2, 0.25) is 0 Å². The summed E-state index contributed by atoms with van der Waals surface area (Å²) in [6.45, 7) is 5.23. The summed E-state index contributed by atoms with van der Waals surface area (Å²) in [7, 11) is -7.12. The Morgan fingerprint density at radius 3 is 2.07 bits per heavy atom. The molecule has 0 atom stereocenters. The van der Waals surface area contributed by atoms with Crippen LogP contribution in [0, 0.1) is 10.1 Å². The van der Waals surface area contributed by atoms with Gasteiger partial charge in [-0.15, -0.1) is 0 Å². The second-order valence-corrected chi connectivity index (χ2v) is 10.1. The van der Waals surface area contributed by atoms with Crippen molar-refractivity contribution in [3.8, 4) is 0 Å². The molecule has 1 fully saturated rings. The van der Waals surface area contributed by atoms with Crippen LogP contribution >= 0.6 is 0 Å². The molecule has 152 valence electrons. The Kier molecular flexibility index (Phi) is 6.45. The first-order valence-electron chi connectivity index (χ1n) is 8.51. The van der Waals surface area contributed by atoms with Gasteiger partial charge in [0, 0.05) is 51.6 Å². The van der Waals surface area contributed by atoms with E-state index in [4.69, 9.17) is 0 Å². The summed E-state index contributed by atoms with van der Waals surface area (Å²) in [5.41, 5.74) is -0.0229. The molecule has 1 saturated heterocycles. The van der Waals surface area contributed by atoms with Crippen molar-refractivity contribution in [1.29, 1.82) is 0 Å². The Hall–Kier alpha value is -1.76. The van der Waals surface area contributed by atoms with E-state index in [2.05, 4.69) is 0 Å². The molecule has 0 aliphatic carbocycles. The number of hydrogen-bond donors (Lipinski definition) is 0. The van der Waals surface area contributed by atoms with Gasteiger partial charge < -0.3 is 4.90 Å². The molecule has 10 nitrogen and oxygen atoms in total. The van der Waals surface area contributed by atoms with E-state index in [0.717, 1.165) is 12.3 Å². The fourth-order valence-electron chi connectivity index (χ4n) is 3.02. The number of hydrogen-bond acceptors (Lipinski definition) is 7. The first-order chi connectivity index (χ1) is 12.5. The summed E-state index contributed by atoms with van der Waals surface area (Å²) in [4.78, 5) is 12.4. The summed E-state index contributed by atoms with van der Waals surface area (Å²) in [5.74, 6) is 0. The molecule has 0 radical (unpaired) electrons. The average molecular weight is 421 g/mol. The van der Waals surface area contributed by atoms with Crippen molar-refractivity contribution in [2.75, 3.05) is 50.4 Å². The van der Waals surface area contributed by atoms with Crippen LogP contribution in [0.25, 0.3) is 0 Å². The smallest absolute Gasteiger partial charge is 0.293 e. The lowest BCUT2D eigenvalue weighted by Crippen LogP contribution is -2.53. The molecular formula is C15H24N4O6S2. The molecule has 0 bridgehead atoms. The van der Waals surface area contributed by atoms with Crippen LogP contribution in [-0.2, 0) is 20.0 Å². The second-order valence-electron chi connectivity index (χ2n) is 6.16. The topological polar surface area (TPSA) is 121 Å². The van der Waals surface area contributed by atoms with Gasteiger partial charge >= 0.3 is 0 Å². The van der Waals surface area contributed by atoms with Gasteiger partial charge in [-0.3, -0.25) is 10.1 Å². The van der Waals surface area contributed by atoms with Gasteiger partial charge in [0.05, 0.1) is 9.82 Å². The van der Waals surface area contributed by atoms with Crippen LogP contribution in [-0.4, -0.2) is 75.9 Å². The summed E-state index contributed by atoms with van der Waals surface area (Å²) in [6.07, 6.45) is 0.989. The van der Waals surface area contributed by atoms with Gasteiger partial charge in [0.15, 0.2) is 9.84 Å². The highest BCUT2D eigenvalue weighted by molar-refractivity contribution is 7.90. The number of nitro groups is 1. The predicted octanol–water partition coefficient (Wildman–Crippen LogP) is 0.707. The highest BCUT2D eigenvalue weighted by atomic mass is 32.2. The molecule has 1 aliphatic heterocycles. The normalized spacial score (nSPS) is 16.7. The molecule has 0 amide bonds. The van der Waals surface area contributed by atoms with E-state index in [1.54, 1.807) is 18.7 Å². The van der Waals surface area contributed by atoms with Crippen molar-refractivity contribution in [3.05, 3.63) is 28.3 Å². The monoisotopic (exact) mass is 420 g/mol. The van der Waals surface area contributed by atoms with E-state index in [9.17, 15) is 26.9 Å². The third kappa shape index (κ3) is 4.57. The van der Waals surface area contributed by atoms with Crippen LogP contribution in [0.5, 0.6) is 0 Å². The molecule has 0 N–H and O–H groups in total. The molecule has 1 aromatic rings. The van der Waals surface area contributed by atoms with Crippen LogP contribution in [0.4, 0.5) is 11.4 Å². The minimum absolute atomic E-state index is 0.124. The molecule has 1 aromatic carbocycles. The van der Waals surface area contributed by atoms with Crippen molar-refractivity contribution >= 4 is 31.4 Å². The minimum atomic E-state index is -3.57. The van der Waals surface area contributed by atoms with Crippen LogP contribution < -0.4 is 4.90 Å². The van der Waals surface area contributed by atoms with Gasteiger partial charge in [0.2, 0.25) is 0 Å². The molecule has 0 spiro atoms. The van der Waals surface area contributed by atoms with Gasteiger partial charge in [0.1, 0.15) is 5.69 Å². The van der Waals surface area contributed by atoms with Crippen molar-refractivity contribution in [3.63, 3.8) is 0 Å². The van der Waals surface area contributed by atoms with Crippen molar-refractivity contribution in [2.24, 2.45) is 0 Å². The molecule has 27 heavy (non-hydrogen) atoms. The quantitative estimate of drug-likeness (QED) is 0.470. The Balaban J connectivity index is 2.25. The van der Waals surface area contributed by atoms with Crippen molar-refractivity contribution in [1.82, 2.24) is 8.61 Å². The van der Waals surface area contributed by atoms with E-state index < -0.39 is 25.0 Å². The zero-order valence-electron chi connectivity index (χ0n) is 15.5. The predicted molar refractivity (Wildman–Crippen MR) is 102 cm³/mol. The number of anilines is 1. The Labute approximate surface area is 159 Å². The fraction of sp³-hybridized carbons (Fsp3) is 0.600. The van der Waals surface area contributed by atoms with Crippen LogP contribution in [0.15, 0.2) is 23.1 Å². The van der Waals surface area contributed by atoms with Gasteiger partial charge in [-0.2, -0.15) is 17.0 Å². The lowest BCUT2D eigenvalue weighted by Gasteiger charge is -2.37. The Morgan fingerprint density at radius 2 is 1.63 bits per heavy atom. The zero-order chi connectivity index (χ0) is 20.4. The molecular weight excluding hydrogens is 396 g/mol. The summed E-state index contributed by atoms with van der Waals surface area (Å²) < 4.78 is 51.2. The first-order valence-corrected chi connectivity index (χ1v) is 11.8. The van der Waals surface area contributed by atoms with Crippen LogP contribution in [0.1, 0.15) is 13.8 Å². The summed E-state index contributed by atoms with van der Waals surface area (Å²) >= 11 is 0. The second kappa shape index (κ2) is 8.09.